The maximum atomic E-state index is 13.1. The fraction of sp³-hybridized carbons (Fsp3) is 0.286. The van der Waals surface area contributed by atoms with Crippen molar-refractivity contribution >= 4 is 17.7 Å². The lowest BCUT2D eigenvalue weighted by Gasteiger charge is -2.22. The van der Waals surface area contributed by atoms with Crippen molar-refractivity contribution in [1.82, 2.24) is 15.1 Å². The molecule has 27 heavy (non-hydrogen) atoms. The summed E-state index contributed by atoms with van der Waals surface area (Å²) in [5, 5.41) is 8.40. The third-order valence-electron chi connectivity index (χ3n) is 4.74. The summed E-state index contributed by atoms with van der Waals surface area (Å²) in [4.78, 5) is 15.0. The highest BCUT2D eigenvalue weighted by molar-refractivity contribution is 8.00. The molecule has 3 aromatic rings. The maximum absolute atomic E-state index is 13.1. The Hall–Kier alpha value is -2.60. The van der Waals surface area contributed by atoms with Gasteiger partial charge in [-0.1, -0.05) is 48.5 Å². The predicted octanol–water partition coefficient (Wildman–Crippen LogP) is 4.50. The molecule has 1 aromatic heterocycles. The molecule has 138 valence electrons. The first-order chi connectivity index (χ1) is 13.2. The van der Waals surface area contributed by atoms with E-state index in [2.05, 4.69) is 10.2 Å². The molecular formula is C21H21N3O2S. The number of amides is 1. The van der Waals surface area contributed by atoms with Gasteiger partial charge in [0.25, 0.3) is 5.22 Å². The van der Waals surface area contributed by atoms with Crippen molar-refractivity contribution in [3.05, 3.63) is 65.7 Å². The van der Waals surface area contributed by atoms with Gasteiger partial charge in [-0.05, 0) is 48.7 Å². The Morgan fingerprint density at radius 3 is 2.48 bits per heavy atom. The van der Waals surface area contributed by atoms with E-state index >= 15 is 0 Å². The molecule has 1 saturated heterocycles. The minimum Gasteiger partial charge on any atom is -0.411 e. The molecule has 1 amide bonds. The number of likely N-dealkylation sites (tertiary alicyclic amines) is 1. The summed E-state index contributed by atoms with van der Waals surface area (Å²) >= 11 is 1.33. The molecule has 0 N–H and O–H groups in total. The molecule has 1 aliphatic heterocycles. The number of aryl methyl sites for hydroxylation is 1. The quantitative estimate of drug-likeness (QED) is 0.611. The highest BCUT2D eigenvalue weighted by Gasteiger charge is 2.30. The van der Waals surface area contributed by atoms with Crippen molar-refractivity contribution in [3.8, 4) is 11.5 Å². The van der Waals surface area contributed by atoms with Gasteiger partial charge in [-0.15, -0.1) is 10.2 Å². The third kappa shape index (κ3) is 3.90. The average molecular weight is 379 g/mol. The van der Waals surface area contributed by atoms with Gasteiger partial charge in [0.1, 0.15) is 5.25 Å². The van der Waals surface area contributed by atoms with Gasteiger partial charge in [0, 0.05) is 18.7 Å². The molecular weight excluding hydrogens is 358 g/mol. The SMILES string of the molecule is Cc1ccccc1-c1nnc(SC(C(=O)N2CCCC2)c2ccccc2)o1. The Kier molecular flexibility index (Phi) is 5.25. The summed E-state index contributed by atoms with van der Waals surface area (Å²) < 4.78 is 5.89. The van der Waals surface area contributed by atoms with Gasteiger partial charge in [0.15, 0.2) is 0 Å². The number of thioether (sulfide) groups is 1. The molecule has 2 aromatic carbocycles. The maximum Gasteiger partial charge on any atom is 0.277 e. The van der Waals surface area contributed by atoms with Crippen LogP contribution in [0.25, 0.3) is 11.5 Å². The summed E-state index contributed by atoms with van der Waals surface area (Å²) in [5.74, 6) is 0.593. The number of hydrogen-bond acceptors (Lipinski definition) is 5. The van der Waals surface area contributed by atoms with Crippen LogP contribution in [0.5, 0.6) is 0 Å². The number of benzene rings is 2. The topological polar surface area (TPSA) is 59.2 Å². The van der Waals surface area contributed by atoms with Gasteiger partial charge in [-0.2, -0.15) is 0 Å². The van der Waals surface area contributed by atoms with Crippen LogP contribution in [0.15, 0.2) is 64.2 Å². The fourth-order valence-corrected chi connectivity index (χ4v) is 4.23. The molecule has 4 rings (SSSR count). The molecule has 6 heteroatoms. The zero-order chi connectivity index (χ0) is 18.6. The summed E-state index contributed by atoms with van der Waals surface area (Å²) in [5.41, 5.74) is 2.94. The molecule has 0 spiro atoms. The lowest BCUT2D eigenvalue weighted by Crippen LogP contribution is -2.31. The molecule has 5 nitrogen and oxygen atoms in total. The van der Waals surface area contributed by atoms with Gasteiger partial charge in [0.2, 0.25) is 11.8 Å². The minimum absolute atomic E-state index is 0.111. The normalized spacial score (nSPS) is 15.1. The van der Waals surface area contributed by atoms with Crippen molar-refractivity contribution in [2.24, 2.45) is 0 Å². The smallest absolute Gasteiger partial charge is 0.277 e. The molecule has 0 bridgehead atoms. The van der Waals surface area contributed by atoms with E-state index in [1.165, 1.54) is 11.8 Å². The first-order valence-electron chi connectivity index (χ1n) is 9.12. The Morgan fingerprint density at radius 2 is 1.74 bits per heavy atom. The standard InChI is InChI=1S/C21H21N3O2S/c1-15-9-5-6-12-17(15)19-22-23-21(26-19)27-18(16-10-3-2-4-11-16)20(25)24-13-7-8-14-24/h2-6,9-12,18H,7-8,13-14H2,1H3. The van der Waals surface area contributed by atoms with E-state index in [1.54, 1.807) is 0 Å². The summed E-state index contributed by atoms with van der Waals surface area (Å²) in [6.45, 7) is 3.65. The van der Waals surface area contributed by atoms with Crippen LogP contribution in [0.1, 0.15) is 29.2 Å². The molecule has 0 radical (unpaired) electrons. The van der Waals surface area contributed by atoms with Crippen LogP contribution >= 0.6 is 11.8 Å². The van der Waals surface area contributed by atoms with Crippen molar-refractivity contribution in [2.45, 2.75) is 30.2 Å². The van der Waals surface area contributed by atoms with Gasteiger partial charge >= 0.3 is 0 Å². The highest BCUT2D eigenvalue weighted by atomic mass is 32.2. The van der Waals surface area contributed by atoms with Gasteiger partial charge in [0.05, 0.1) is 0 Å². The van der Waals surface area contributed by atoms with Crippen LogP contribution in [0, 0.1) is 6.92 Å². The van der Waals surface area contributed by atoms with Crippen molar-refractivity contribution in [2.75, 3.05) is 13.1 Å². The third-order valence-corrected chi connectivity index (χ3v) is 5.82. The summed E-state index contributed by atoms with van der Waals surface area (Å²) in [7, 11) is 0. The first kappa shape index (κ1) is 17.8. The number of rotatable bonds is 5. The molecule has 0 aliphatic carbocycles. The second-order valence-electron chi connectivity index (χ2n) is 6.63. The largest absolute Gasteiger partial charge is 0.411 e. The second kappa shape index (κ2) is 7.96. The lowest BCUT2D eigenvalue weighted by molar-refractivity contribution is -0.129. The van der Waals surface area contributed by atoms with Crippen LogP contribution < -0.4 is 0 Å². The van der Waals surface area contributed by atoms with E-state index < -0.39 is 0 Å². The van der Waals surface area contributed by atoms with Gasteiger partial charge < -0.3 is 9.32 Å². The summed E-state index contributed by atoms with van der Waals surface area (Å²) in [6, 6.07) is 17.7. The molecule has 0 saturated carbocycles. The molecule has 2 heterocycles. The van der Waals surface area contributed by atoms with Crippen LogP contribution in [0.2, 0.25) is 0 Å². The summed E-state index contributed by atoms with van der Waals surface area (Å²) in [6.07, 6.45) is 2.13. The van der Waals surface area contributed by atoms with E-state index in [4.69, 9.17) is 4.42 Å². The molecule has 1 aliphatic rings. The molecule has 1 unspecified atom stereocenters. The molecule has 1 fully saturated rings. The van der Waals surface area contributed by atoms with Crippen LogP contribution in [-0.4, -0.2) is 34.1 Å². The van der Waals surface area contributed by atoms with Gasteiger partial charge in [-0.3, -0.25) is 4.79 Å². The van der Waals surface area contributed by atoms with E-state index in [0.29, 0.717) is 11.1 Å². The first-order valence-corrected chi connectivity index (χ1v) is 10.0. The average Bonchev–Trinajstić information content (AvgIpc) is 3.39. The highest BCUT2D eigenvalue weighted by Crippen LogP contribution is 2.38. The van der Waals surface area contributed by atoms with E-state index in [0.717, 1.165) is 42.6 Å². The van der Waals surface area contributed by atoms with Crippen molar-refractivity contribution in [3.63, 3.8) is 0 Å². The fourth-order valence-electron chi connectivity index (χ4n) is 3.27. The number of carbonyl (C=O) groups is 1. The monoisotopic (exact) mass is 379 g/mol. The van der Waals surface area contributed by atoms with E-state index in [1.807, 2.05) is 66.4 Å². The number of hydrogen-bond donors (Lipinski definition) is 0. The van der Waals surface area contributed by atoms with E-state index in [-0.39, 0.29) is 11.2 Å². The zero-order valence-electron chi connectivity index (χ0n) is 15.2. The Bertz CT molecular complexity index is 920. The Labute approximate surface area is 162 Å². The number of aromatic nitrogens is 2. The zero-order valence-corrected chi connectivity index (χ0v) is 16.0. The van der Waals surface area contributed by atoms with Crippen molar-refractivity contribution < 1.29 is 9.21 Å². The van der Waals surface area contributed by atoms with Crippen molar-refractivity contribution in [1.29, 1.82) is 0 Å². The Morgan fingerprint density at radius 1 is 1.04 bits per heavy atom. The second-order valence-corrected chi connectivity index (χ2v) is 7.69. The number of nitrogens with zero attached hydrogens (tertiary/aromatic N) is 3. The van der Waals surface area contributed by atoms with Crippen LogP contribution in [0.3, 0.4) is 0 Å². The molecule has 1 atom stereocenters. The van der Waals surface area contributed by atoms with Crippen LogP contribution in [0.4, 0.5) is 0 Å². The Balaban J connectivity index is 1.60. The van der Waals surface area contributed by atoms with Crippen LogP contribution in [-0.2, 0) is 4.79 Å². The van der Waals surface area contributed by atoms with E-state index in [9.17, 15) is 4.79 Å². The van der Waals surface area contributed by atoms with Gasteiger partial charge in [-0.25, -0.2) is 0 Å². The number of carbonyl (C=O) groups excluding carboxylic acids is 1. The lowest BCUT2D eigenvalue weighted by atomic mass is 10.1. The minimum atomic E-state index is -0.380. The predicted molar refractivity (Wildman–Crippen MR) is 105 cm³/mol.